The maximum Gasteiger partial charge on any atom is 0.193 e. The molecular formula is C18H28IN3O. The monoisotopic (exact) mass is 429 g/mol. The van der Waals surface area contributed by atoms with Gasteiger partial charge in [-0.2, -0.15) is 0 Å². The quantitative estimate of drug-likeness (QED) is 0.424. The van der Waals surface area contributed by atoms with Crippen molar-refractivity contribution in [2.45, 2.75) is 58.1 Å². The van der Waals surface area contributed by atoms with E-state index in [2.05, 4.69) is 37.4 Å². The zero-order valence-corrected chi connectivity index (χ0v) is 16.4. The van der Waals surface area contributed by atoms with E-state index < -0.39 is 0 Å². The summed E-state index contributed by atoms with van der Waals surface area (Å²) < 4.78 is 5.87. The molecule has 2 atom stereocenters. The third kappa shape index (κ3) is 3.65. The molecule has 128 valence electrons. The number of rotatable bonds is 5. The Morgan fingerprint density at radius 2 is 2.17 bits per heavy atom. The number of halogens is 1. The van der Waals surface area contributed by atoms with Gasteiger partial charge in [0.2, 0.25) is 0 Å². The van der Waals surface area contributed by atoms with Crippen LogP contribution < -0.4 is 11.1 Å². The fraction of sp³-hybridized carbons (Fsp3) is 0.611. The highest BCUT2D eigenvalue weighted by molar-refractivity contribution is 14.0. The lowest BCUT2D eigenvalue weighted by atomic mass is 9.51. The maximum atomic E-state index is 6.13. The van der Waals surface area contributed by atoms with Gasteiger partial charge in [-0.05, 0) is 50.3 Å². The summed E-state index contributed by atoms with van der Waals surface area (Å²) >= 11 is 0. The molecule has 2 unspecified atom stereocenters. The number of hydrogen-bond acceptors (Lipinski definition) is 2. The largest absolute Gasteiger partial charge is 0.378 e. The SMILES string of the molecule is CCOC1CC(N=C(N)Nc2cccc(CC)c2)C12CCC2.I. The summed E-state index contributed by atoms with van der Waals surface area (Å²) in [6.45, 7) is 5.01. The number of nitrogens with one attached hydrogen (secondary N) is 1. The highest BCUT2D eigenvalue weighted by Crippen LogP contribution is 2.58. The van der Waals surface area contributed by atoms with Crippen LogP contribution in [0.4, 0.5) is 5.69 Å². The van der Waals surface area contributed by atoms with Crippen LogP contribution in [0.5, 0.6) is 0 Å². The van der Waals surface area contributed by atoms with Crippen LogP contribution in [0.1, 0.15) is 45.1 Å². The standard InChI is InChI=1S/C18H27N3O.HI/c1-3-13-7-5-8-14(11-13)20-17(19)21-15-12-16(22-4-2)18(15)9-6-10-18;/h5,7-8,11,15-16H,3-4,6,9-10,12H2,1-2H3,(H3,19,20,21);1H. The lowest BCUT2D eigenvalue weighted by Crippen LogP contribution is -2.61. The van der Waals surface area contributed by atoms with Crippen LogP contribution in [-0.4, -0.2) is 24.7 Å². The molecule has 0 amide bonds. The van der Waals surface area contributed by atoms with Crippen LogP contribution >= 0.6 is 24.0 Å². The van der Waals surface area contributed by atoms with Crippen molar-refractivity contribution < 1.29 is 4.74 Å². The number of nitrogens with two attached hydrogens (primary N) is 1. The molecule has 0 aromatic heterocycles. The van der Waals surface area contributed by atoms with E-state index in [1.165, 1.54) is 24.8 Å². The van der Waals surface area contributed by atoms with Gasteiger partial charge in [0.25, 0.3) is 0 Å². The molecule has 3 rings (SSSR count). The molecule has 23 heavy (non-hydrogen) atoms. The summed E-state index contributed by atoms with van der Waals surface area (Å²) in [4.78, 5) is 4.74. The Hall–Kier alpha value is -0.820. The molecular weight excluding hydrogens is 401 g/mol. The van der Waals surface area contributed by atoms with Crippen LogP contribution in [0.25, 0.3) is 0 Å². The van der Waals surface area contributed by atoms with Crippen molar-refractivity contribution in [3.05, 3.63) is 29.8 Å². The van der Waals surface area contributed by atoms with Gasteiger partial charge in [-0.25, -0.2) is 4.99 Å². The number of anilines is 1. The van der Waals surface area contributed by atoms with E-state index >= 15 is 0 Å². The molecule has 0 bridgehead atoms. The first-order chi connectivity index (χ1) is 10.7. The summed E-state index contributed by atoms with van der Waals surface area (Å²) in [6, 6.07) is 8.66. The number of aliphatic imine (C=N–C) groups is 1. The molecule has 1 aromatic rings. The van der Waals surface area contributed by atoms with E-state index in [0.29, 0.717) is 18.1 Å². The van der Waals surface area contributed by atoms with Crippen LogP contribution in [0.15, 0.2) is 29.3 Å². The third-order valence-electron chi connectivity index (χ3n) is 5.30. The van der Waals surface area contributed by atoms with Crippen LogP contribution in [0, 0.1) is 5.41 Å². The average Bonchev–Trinajstić information content (AvgIpc) is 2.44. The number of hydrogen-bond donors (Lipinski definition) is 2. The Bertz CT molecular complexity index is 557. The van der Waals surface area contributed by atoms with Crippen LogP contribution in [-0.2, 0) is 11.2 Å². The van der Waals surface area contributed by atoms with Gasteiger partial charge in [-0.1, -0.05) is 25.5 Å². The smallest absolute Gasteiger partial charge is 0.193 e. The second-order valence-corrected chi connectivity index (χ2v) is 6.48. The molecule has 2 aliphatic rings. The normalized spacial score (nSPS) is 25.2. The highest BCUT2D eigenvalue weighted by Gasteiger charge is 2.59. The minimum absolute atomic E-state index is 0. The Balaban J connectivity index is 0.00000192. The first kappa shape index (κ1) is 18.5. The van der Waals surface area contributed by atoms with E-state index in [9.17, 15) is 0 Å². The number of nitrogens with zero attached hydrogens (tertiary/aromatic N) is 1. The lowest BCUT2D eigenvalue weighted by molar-refractivity contribution is -0.162. The zero-order valence-electron chi connectivity index (χ0n) is 14.0. The zero-order chi connectivity index (χ0) is 15.6. The van der Waals surface area contributed by atoms with Crippen molar-refractivity contribution in [2.24, 2.45) is 16.1 Å². The molecule has 0 radical (unpaired) electrons. The molecule has 4 nitrogen and oxygen atoms in total. The van der Waals surface area contributed by atoms with Gasteiger partial charge in [0.15, 0.2) is 5.96 Å². The first-order valence-electron chi connectivity index (χ1n) is 8.48. The summed E-state index contributed by atoms with van der Waals surface area (Å²) in [6.07, 6.45) is 6.16. The topological polar surface area (TPSA) is 59.6 Å². The molecule has 1 aromatic carbocycles. The second kappa shape index (κ2) is 7.83. The Morgan fingerprint density at radius 1 is 1.39 bits per heavy atom. The van der Waals surface area contributed by atoms with E-state index in [-0.39, 0.29) is 29.4 Å². The Labute approximate surface area is 156 Å². The minimum atomic E-state index is 0. The van der Waals surface area contributed by atoms with Crippen LogP contribution in [0.2, 0.25) is 0 Å². The van der Waals surface area contributed by atoms with Crippen molar-refractivity contribution in [3.63, 3.8) is 0 Å². The molecule has 0 saturated heterocycles. The molecule has 0 aliphatic heterocycles. The molecule has 2 aliphatic carbocycles. The molecule has 1 spiro atoms. The molecule has 3 N–H and O–H groups in total. The average molecular weight is 429 g/mol. The summed E-state index contributed by atoms with van der Waals surface area (Å²) in [5.74, 6) is 0.527. The third-order valence-corrected chi connectivity index (χ3v) is 5.30. The molecule has 0 heterocycles. The molecule has 2 fully saturated rings. The molecule has 5 heteroatoms. The lowest BCUT2D eigenvalue weighted by Gasteiger charge is -2.59. The minimum Gasteiger partial charge on any atom is -0.378 e. The van der Waals surface area contributed by atoms with Gasteiger partial charge in [-0.3, -0.25) is 0 Å². The Kier molecular flexibility index (Phi) is 6.31. The van der Waals surface area contributed by atoms with E-state index in [1.54, 1.807) is 0 Å². The predicted octanol–water partition coefficient (Wildman–Crippen LogP) is 3.94. The van der Waals surface area contributed by atoms with Crippen molar-refractivity contribution in [1.82, 2.24) is 0 Å². The summed E-state index contributed by atoms with van der Waals surface area (Å²) in [7, 11) is 0. The van der Waals surface area contributed by atoms with Gasteiger partial charge in [-0.15, -0.1) is 24.0 Å². The van der Waals surface area contributed by atoms with Crippen molar-refractivity contribution >= 4 is 35.6 Å². The Morgan fingerprint density at radius 3 is 2.78 bits per heavy atom. The fourth-order valence-corrected chi connectivity index (χ4v) is 3.80. The molecule has 2 saturated carbocycles. The van der Waals surface area contributed by atoms with Crippen LogP contribution in [0.3, 0.4) is 0 Å². The number of guanidine groups is 1. The van der Waals surface area contributed by atoms with Gasteiger partial charge < -0.3 is 15.8 Å². The van der Waals surface area contributed by atoms with E-state index in [0.717, 1.165) is 25.1 Å². The predicted molar refractivity (Wildman–Crippen MR) is 107 cm³/mol. The first-order valence-corrected chi connectivity index (χ1v) is 8.48. The van der Waals surface area contributed by atoms with Gasteiger partial charge in [0.1, 0.15) is 0 Å². The highest BCUT2D eigenvalue weighted by atomic mass is 127. The van der Waals surface area contributed by atoms with Crippen molar-refractivity contribution in [3.8, 4) is 0 Å². The van der Waals surface area contributed by atoms with Crippen molar-refractivity contribution in [1.29, 1.82) is 0 Å². The summed E-state index contributed by atoms with van der Waals surface area (Å²) in [5.41, 5.74) is 8.71. The summed E-state index contributed by atoms with van der Waals surface area (Å²) in [5, 5.41) is 3.24. The maximum absolute atomic E-state index is 6.13. The van der Waals surface area contributed by atoms with Gasteiger partial charge >= 0.3 is 0 Å². The van der Waals surface area contributed by atoms with Crippen molar-refractivity contribution in [2.75, 3.05) is 11.9 Å². The van der Waals surface area contributed by atoms with E-state index in [1.807, 2.05) is 6.07 Å². The fourth-order valence-electron chi connectivity index (χ4n) is 3.80. The number of aryl methyl sites for hydroxylation is 1. The number of ether oxygens (including phenoxy) is 1. The van der Waals surface area contributed by atoms with Gasteiger partial charge in [0, 0.05) is 17.7 Å². The number of benzene rings is 1. The second-order valence-electron chi connectivity index (χ2n) is 6.48. The van der Waals surface area contributed by atoms with Gasteiger partial charge in [0.05, 0.1) is 12.1 Å². The van der Waals surface area contributed by atoms with E-state index in [4.69, 9.17) is 15.5 Å².